The number of hydrogen-bond acceptors (Lipinski definition) is 5. The van der Waals surface area contributed by atoms with E-state index in [1.54, 1.807) is 19.4 Å². The second-order valence-corrected chi connectivity index (χ2v) is 6.50. The topological polar surface area (TPSA) is 109 Å². The van der Waals surface area contributed by atoms with Crippen molar-refractivity contribution in [1.82, 2.24) is 25.1 Å². The number of nitrogens with one attached hydrogen (secondary N) is 3. The summed E-state index contributed by atoms with van der Waals surface area (Å²) in [4.78, 5) is 23.9. The lowest BCUT2D eigenvalue weighted by Crippen LogP contribution is -2.15. The molecular weight excluding hydrogens is 351 g/mol. The molecule has 1 aliphatic carbocycles. The number of amides is 1. The number of ether oxygens (including phenoxy) is 1. The third-order valence-corrected chi connectivity index (χ3v) is 4.71. The van der Waals surface area contributed by atoms with Gasteiger partial charge < -0.3 is 15.0 Å². The van der Waals surface area contributed by atoms with Crippen molar-refractivity contribution in [2.24, 2.45) is 5.92 Å². The van der Waals surface area contributed by atoms with Crippen LogP contribution in [0.4, 0.5) is 10.2 Å². The Labute approximate surface area is 152 Å². The smallest absolute Gasteiger partial charge is 0.231 e. The number of carbonyl (C=O) groups excluding carboxylic acids is 1. The predicted octanol–water partition coefficient (Wildman–Crippen LogP) is 2.81. The van der Waals surface area contributed by atoms with Gasteiger partial charge in [-0.1, -0.05) is 0 Å². The molecule has 1 aliphatic rings. The van der Waals surface area contributed by atoms with Crippen LogP contribution in [0.15, 0.2) is 30.6 Å². The fraction of sp³-hybridized carbons (Fsp3) is 0.222. The Morgan fingerprint density at radius 1 is 1.30 bits per heavy atom. The van der Waals surface area contributed by atoms with Crippen LogP contribution >= 0.6 is 0 Å². The minimum Gasteiger partial charge on any atom is -0.480 e. The summed E-state index contributed by atoms with van der Waals surface area (Å²) in [6, 6.07) is 5.49. The molecule has 1 fully saturated rings. The van der Waals surface area contributed by atoms with Crippen molar-refractivity contribution in [3.8, 4) is 17.0 Å². The van der Waals surface area contributed by atoms with Gasteiger partial charge in [0.25, 0.3) is 0 Å². The Hall–Kier alpha value is -3.49. The molecule has 27 heavy (non-hydrogen) atoms. The van der Waals surface area contributed by atoms with Gasteiger partial charge in [-0.05, 0) is 24.6 Å². The number of anilines is 1. The number of nitrogens with zero attached hydrogens (tertiary/aromatic N) is 3. The van der Waals surface area contributed by atoms with Gasteiger partial charge in [-0.3, -0.25) is 9.89 Å². The van der Waals surface area contributed by atoms with Crippen LogP contribution in [0.2, 0.25) is 0 Å². The third-order valence-electron chi connectivity index (χ3n) is 4.71. The minimum absolute atomic E-state index is 0.282. The van der Waals surface area contributed by atoms with Crippen molar-refractivity contribution in [3.05, 3.63) is 30.6 Å². The van der Waals surface area contributed by atoms with E-state index >= 15 is 0 Å². The number of halogens is 1. The van der Waals surface area contributed by atoms with E-state index in [0.29, 0.717) is 23.0 Å². The van der Waals surface area contributed by atoms with E-state index in [-0.39, 0.29) is 12.3 Å². The van der Waals surface area contributed by atoms with Crippen LogP contribution < -0.4 is 10.1 Å². The highest BCUT2D eigenvalue weighted by Crippen LogP contribution is 2.37. The number of carbonyl (C=O) groups is 1. The van der Waals surface area contributed by atoms with Gasteiger partial charge in [-0.2, -0.15) is 10.1 Å². The summed E-state index contributed by atoms with van der Waals surface area (Å²) in [7, 11) is 1.56. The number of H-pyrrole nitrogens is 2. The monoisotopic (exact) mass is 366 g/mol. The SMILES string of the molecule is COc1nc2[nH]ncc2cc1-c1c[nH]c2nc(NC(=O)C3CC3F)ccc12. The molecule has 136 valence electrons. The summed E-state index contributed by atoms with van der Waals surface area (Å²) in [6.45, 7) is 0. The Morgan fingerprint density at radius 2 is 2.15 bits per heavy atom. The van der Waals surface area contributed by atoms with Crippen molar-refractivity contribution in [2.75, 3.05) is 12.4 Å². The molecule has 3 N–H and O–H groups in total. The first-order valence-electron chi connectivity index (χ1n) is 8.45. The van der Waals surface area contributed by atoms with Crippen LogP contribution in [0.1, 0.15) is 6.42 Å². The number of aromatic amines is 2. The average Bonchev–Trinajstić information content (AvgIpc) is 3.07. The fourth-order valence-electron chi connectivity index (χ4n) is 3.16. The van der Waals surface area contributed by atoms with Crippen LogP contribution in [-0.4, -0.2) is 44.3 Å². The van der Waals surface area contributed by atoms with E-state index in [9.17, 15) is 9.18 Å². The van der Waals surface area contributed by atoms with Crippen molar-refractivity contribution in [3.63, 3.8) is 0 Å². The van der Waals surface area contributed by atoms with Crippen LogP contribution in [0, 0.1) is 5.92 Å². The van der Waals surface area contributed by atoms with E-state index in [4.69, 9.17) is 4.74 Å². The molecule has 9 heteroatoms. The van der Waals surface area contributed by atoms with Crippen LogP contribution in [0.5, 0.6) is 5.88 Å². The van der Waals surface area contributed by atoms with E-state index in [1.165, 1.54) is 0 Å². The van der Waals surface area contributed by atoms with Gasteiger partial charge in [-0.15, -0.1) is 0 Å². The zero-order valence-corrected chi connectivity index (χ0v) is 14.3. The van der Waals surface area contributed by atoms with Gasteiger partial charge in [-0.25, -0.2) is 9.37 Å². The fourth-order valence-corrected chi connectivity index (χ4v) is 3.16. The number of hydrogen-bond donors (Lipinski definition) is 3. The normalized spacial score (nSPS) is 18.7. The number of fused-ring (bicyclic) bond motifs is 2. The van der Waals surface area contributed by atoms with Crippen molar-refractivity contribution >= 4 is 33.8 Å². The lowest BCUT2D eigenvalue weighted by Gasteiger charge is -2.07. The minimum atomic E-state index is -1.04. The number of rotatable bonds is 4. The molecule has 2 atom stereocenters. The van der Waals surface area contributed by atoms with Gasteiger partial charge >= 0.3 is 0 Å². The maximum Gasteiger partial charge on any atom is 0.231 e. The summed E-state index contributed by atoms with van der Waals surface area (Å²) in [5, 5.41) is 11.2. The molecule has 0 radical (unpaired) electrons. The van der Waals surface area contributed by atoms with Crippen LogP contribution in [0.25, 0.3) is 33.2 Å². The van der Waals surface area contributed by atoms with Crippen molar-refractivity contribution in [1.29, 1.82) is 0 Å². The number of pyridine rings is 2. The second-order valence-electron chi connectivity index (χ2n) is 6.50. The number of alkyl halides is 1. The van der Waals surface area contributed by atoms with Gasteiger partial charge in [0.1, 0.15) is 17.6 Å². The third kappa shape index (κ3) is 2.59. The Bertz CT molecular complexity index is 1180. The molecule has 8 nitrogen and oxygen atoms in total. The molecule has 0 spiro atoms. The molecule has 4 heterocycles. The van der Waals surface area contributed by atoms with Gasteiger partial charge in [0.15, 0.2) is 5.65 Å². The second kappa shape index (κ2) is 5.76. The zero-order chi connectivity index (χ0) is 18.5. The maximum atomic E-state index is 13.0. The summed E-state index contributed by atoms with van der Waals surface area (Å²) in [5.74, 6) is -0.0424. The molecule has 2 unspecified atom stereocenters. The maximum absolute atomic E-state index is 13.0. The van der Waals surface area contributed by atoms with Gasteiger partial charge in [0.05, 0.1) is 19.2 Å². The molecule has 0 aromatic carbocycles. The molecule has 4 aromatic heterocycles. The number of methoxy groups -OCH3 is 1. The highest BCUT2D eigenvalue weighted by molar-refractivity contribution is 5.99. The summed E-state index contributed by atoms with van der Waals surface area (Å²) >= 11 is 0. The van der Waals surface area contributed by atoms with E-state index < -0.39 is 12.1 Å². The van der Waals surface area contributed by atoms with E-state index in [1.807, 2.05) is 18.3 Å². The van der Waals surface area contributed by atoms with Crippen molar-refractivity contribution in [2.45, 2.75) is 12.6 Å². The Balaban J connectivity index is 1.54. The molecule has 0 saturated heterocycles. The standard InChI is InChI=1S/C18H15FN6O2/c1-27-18-10(4-8-6-21-25-15(8)24-18)12-7-20-16-9(12)2-3-14(22-16)23-17(26)11-5-13(11)19/h2-4,6-7,11,13H,5H2,1H3,(H,21,24,25)(H2,20,22,23,26). The summed E-state index contributed by atoms with van der Waals surface area (Å²) in [5.41, 5.74) is 2.91. The van der Waals surface area contributed by atoms with Crippen LogP contribution in [0.3, 0.4) is 0 Å². The predicted molar refractivity (Wildman–Crippen MR) is 97.2 cm³/mol. The lowest BCUT2D eigenvalue weighted by atomic mass is 10.1. The quantitative estimate of drug-likeness (QED) is 0.515. The summed E-state index contributed by atoms with van der Waals surface area (Å²) < 4.78 is 18.4. The molecule has 4 aromatic rings. The first-order valence-corrected chi connectivity index (χ1v) is 8.45. The molecule has 1 amide bonds. The Morgan fingerprint density at radius 3 is 2.93 bits per heavy atom. The highest BCUT2D eigenvalue weighted by atomic mass is 19.1. The van der Waals surface area contributed by atoms with E-state index in [2.05, 4.69) is 30.5 Å². The number of aromatic nitrogens is 5. The first kappa shape index (κ1) is 15.7. The average molecular weight is 366 g/mol. The van der Waals surface area contributed by atoms with Gasteiger partial charge in [0.2, 0.25) is 11.8 Å². The molecule has 5 rings (SSSR count). The molecular formula is C18H15FN6O2. The lowest BCUT2D eigenvalue weighted by molar-refractivity contribution is -0.117. The van der Waals surface area contributed by atoms with Gasteiger partial charge in [0, 0.05) is 28.1 Å². The highest BCUT2D eigenvalue weighted by Gasteiger charge is 2.43. The largest absolute Gasteiger partial charge is 0.480 e. The van der Waals surface area contributed by atoms with Crippen molar-refractivity contribution < 1.29 is 13.9 Å². The zero-order valence-electron chi connectivity index (χ0n) is 14.3. The molecule has 1 saturated carbocycles. The Kier molecular flexibility index (Phi) is 3.36. The van der Waals surface area contributed by atoms with E-state index in [0.717, 1.165) is 21.9 Å². The first-order chi connectivity index (χ1) is 13.1. The summed E-state index contributed by atoms with van der Waals surface area (Å²) in [6.07, 6.45) is 2.75. The van der Waals surface area contributed by atoms with Crippen LogP contribution in [-0.2, 0) is 4.79 Å². The molecule has 0 aliphatic heterocycles. The molecule has 0 bridgehead atoms.